The van der Waals surface area contributed by atoms with Crippen LogP contribution in [0.3, 0.4) is 0 Å². The Bertz CT molecular complexity index is 548. The van der Waals surface area contributed by atoms with E-state index in [-0.39, 0.29) is 18.4 Å². The molecule has 6 heteroatoms. The Kier molecular flexibility index (Phi) is 5.07. The number of urea groups is 1. The van der Waals surface area contributed by atoms with Crippen molar-refractivity contribution in [2.75, 3.05) is 18.4 Å². The zero-order valence-electron chi connectivity index (χ0n) is 11.9. The topological polar surface area (TPSA) is 69.6 Å². The Balaban J connectivity index is 1.97. The molecule has 2 rings (SSSR count). The van der Waals surface area contributed by atoms with Gasteiger partial charge < -0.3 is 15.3 Å². The van der Waals surface area contributed by atoms with E-state index in [2.05, 4.69) is 5.32 Å². The van der Waals surface area contributed by atoms with Gasteiger partial charge in [0.15, 0.2) is 0 Å². The van der Waals surface area contributed by atoms with Crippen LogP contribution in [0, 0.1) is 12.8 Å². The second kappa shape index (κ2) is 6.80. The number of hydrogen-bond donors (Lipinski definition) is 2. The first-order valence-electron chi connectivity index (χ1n) is 6.99. The molecule has 0 aliphatic carbocycles. The lowest BCUT2D eigenvalue weighted by atomic mass is 9.95. The number of carboxylic acid groups (broad SMARTS) is 1. The van der Waals surface area contributed by atoms with E-state index in [0.717, 1.165) is 18.4 Å². The van der Waals surface area contributed by atoms with Crippen LogP contribution < -0.4 is 5.32 Å². The maximum atomic E-state index is 12.2. The average molecular weight is 311 g/mol. The van der Waals surface area contributed by atoms with Gasteiger partial charge in [0.25, 0.3) is 0 Å². The maximum Gasteiger partial charge on any atom is 0.321 e. The lowest BCUT2D eigenvalue weighted by molar-refractivity contribution is -0.138. The summed E-state index contributed by atoms with van der Waals surface area (Å²) in [5, 5.41) is 12.1. The van der Waals surface area contributed by atoms with Crippen LogP contribution >= 0.6 is 11.6 Å². The van der Waals surface area contributed by atoms with Gasteiger partial charge in [0, 0.05) is 19.5 Å². The average Bonchev–Trinajstić information content (AvgIpc) is 2.41. The van der Waals surface area contributed by atoms with Crippen LogP contribution in [0.4, 0.5) is 10.5 Å². The number of amides is 2. The van der Waals surface area contributed by atoms with Crippen LogP contribution in [0.2, 0.25) is 5.02 Å². The summed E-state index contributed by atoms with van der Waals surface area (Å²) in [5.41, 5.74) is 1.60. The van der Waals surface area contributed by atoms with Crippen molar-refractivity contribution in [2.45, 2.75) is 26.2 Å². The number of halogens is 1. The molecule has 1 aromatic carbocycles. The number of anilines is 1. The summed E-state index contributed by atoms with van der Waals surface area (Å²) in [4.78, 5) is 24.7. The number of carboxylic acids is 1. The Hall–Kier alpha value is -1.75. The minimum Gasteiger partial charge on any atom is -0.481 e. The fourth-order valence-corrected chi connectivity index (χ4v) is 2.86. The van der Waals surface area contributed by atoms with Crippen molar-refractivity contribution < 1.29 is 14.7 Å². The number of piperidine rings is 1. The number of benzene rings is 1. The molecule has 1 saturated heterocycles. The first kappa shape index (κ1) is 15.6. The van der Waals surface area contributed by atoms with Gasteiger partial charge in [0.05, 0.1) is 10.7 Å². The van der Waals surface area contributed by atoms with Crippen molar-refractivity contribution in [3.8, 4) is 0 Å². The zero-order chi connectivity index (χ0) is 15.4. The molecular weight excluding hydrogens is 292 g/mol. The van der Waals surface area contributed by atoms with Gasteiger partial charge in [0.2, 0.25) is 0 Å². The van der Waals surface area contributed by atoms with E-state index < -0.39 is 5.97 Å². The van der Waals surface area contributed by atoms with Gasteiger partial charge in [-0.15, -0.1) is 0 Å². The third kappa shape index (κ3) is 4.36. The predicted molar refractivity (Wildman–Crippen MR) is 81.8 cm³/mol. The predicted octanol–water partition coefficient (Wildman–Crippen LogP) is 3.37. The van der Waals surface area contributed by atoms with E-state index in [0.29, 0.717) is 23.8 Å². The first-order valence-corrected chi connectivity index (χ1v) is 7.37. The van der Waals surface area contributed by atoms with Gasteiger partial charge in [-0.05, 0) is 43.4 Å². The minimum absolute atomic E-state index is 0.0236. The Morgan fingerprint density at radius 3 is 2.90 bits per heavy atom. The number of aliphatic carboxylic acids is 1. The van der Waals surface area contributed by atoms with Crippen molar-refractivity contribution in [3.63, 3.8) is 0 Å². The lowest BCUT2D eigenvalue weighted by Crippen LogP contribution is -2.42. The van der Waals surface area contributed by atoms with Gasteiger partial charge in [-0.3, -0.25) is 4.79 Å². The molecule has 1 aliphatic rings. The van der Waals surface area contributed by atoms with Gasteiger partial charge in [-0.2, -0.15) is 0 Å². The number of nitrogens with zero attached hydrogens (tertiary/aromatic N) is 1. The molecule has 0 radical (unpaired) electrons. The molecule has 1 unspecified atom stereocenters. The number of carbonyl (C=O) groups excluding carboxylic acids is 1. The van der Waals surface area contributed by atoms with Gasteiger partial charge in [0.1, 0.15) is 0 Å². The number of rotatable bonds is 3. The molecule has 1 atom stereocenters. The molecule has 1 aliphatic heterocycles. The number of nitrogens with one attached hydrogen (secondary N) is 1. The zero-order valence-corrected chi connectivity index (χ0v) is 12.7. The standard InChI is InChI=1S/C15H19ClN2O3/c1-10-4-5-13(12(16)7-10)17-15(21)18-6-2-3-11(9-18)8-14(19)20/h4-5,7,11H,2-3,6,8-9H2,1H3,(H,17,21)(H,19,20). The summed E-state index contributed by atoms with van der Waals surface area (Å²) in [6, 6.07) is 5.22. The second-order valence-electron chi connectivity index (χ2n) is 5.47. The summed E-state index contributed by atoms with van der Waals surface area (Å²) in [6.07, 6.45) is 1.78. The smallest absolute Gasteiger partial charge is 0.321 e. The monoisotopic (exact) mass is 310 g/mol. The maximum absolute atomic E-state index is 12.2. The van der Waals surface area contributed by atoms with Crippen molar-refractivity contribution in [3.05, 3.63) is 28.8 Å². The summed E-state index contributed by atoms with van der Waals surface area (Å²) >= 11 is 6.10. The van der Waals surface area contributed by atoms with Crippen molar-refractivity contribution in [2.24, 2.45) is 5.92 Å². The molecule has 1 fully saturated rings. The van der Waals surface area contributed by atoms with Gasteiger partial charge in [-0.1, -0.05) is 17.7 Å². The molecule has 5 nitrogen and oxygen atoms in total. The highest BCUT2D eigenvalue weighted by atomic mass is 35.5. The molecule has 2 N–H and O–H groups in total. The SMILES string of the molecule is Cc1ccc(NC(=O)N2CCCC(CC(=O)O)C2)c(Cl)c1. The summed E-state index contributed by atoms with van der Waals surface area (Å²) in [5.74, 6) is -0.792. The van der Waals surface area contributed by atoms with E-state index in [1.165, 1.54) is 0 Å². The number of carbonyl (C=O) groups is 2. The van der Waals surface area contributed by atoms with Gasteiger partial charge in [-0.25, -0.2) is 4.79 Å². The van der Waals surface area contributed by atoms with Crippen LogP contribution in [-0.4, -0.2) is 35.1 Å². The highest BCUT2D eigenvalue weighted by Gasteiger charge is 2.25. The molecule has 1 aromatic rings. The van der Waals surface area contributed by atoms with E-state index in [1.54, 1.807) is 17.0 Å². The van der Waals surface area contributed by atoms with Gasteiger partial charge >= 0.3 is 12.0 Å². The van der Waals surface area contributed by atoms with Crippen molar-refractivity contribution >= 4 is 29.3 Å². The summed E-state index contributed by atoms with van der Waals surface area (Å²) in [7, 11) is 0. The first-order chi connectivity index (χ1) is 9.95. The molecule has 2 amide bonds. The molecule has 21 heavy (non-hydrogen) atoms. The lowest BCUT2D eigenvalue weighted by Gasteiger charge is -2.32. The molecule has 0 bridgehead atoms. The molecule has 1 heterocycles. The Labute approximate surface area is 128 Å². The highest BCUT2D eigenvalue weighted by molar-refractivity contribution is 6.33. The normalized spacial score (nSPS) is 18.4. The fraction of sp³-hybridized carbons (Fsp3) is 0.467. The highest BCUT2D eigenvalue weighted by Crippen LogP contribution is 2.24. The number of likely N-dealkylation sites (tertiary alicyclic amines) is 1. The second-order valence-corrected chi connectivity index (χ2v) is 5.87. The largest absolute Gasteiger partial charge is 0.481 e. The number of aryl methyl sites for hydroxylation is 1. The molecule has 0 aromatic heterocycles. The summed E-state index contributed by atoms with van der Waals surface area (Å²) in [6.45, 7) is 3.05. The molecular formula is C15H19ClN2O3. The minimum atomic E-state index is -0.816. The molecule has 0 saturated carbocycles. The van der Waals surface area contributed by atoms with E-state index >= 15 is 0 Å². The van der Waals surface area contributed by atoms with Crippen LogP contribution in [-0.2, 0) is 4.79 Å². The third-order valence-electron chi connectivity index (χ3n) is 3.64. The van der Waals surface area contributed by atoms with Crippen LogP contribution in [0.15, 0.2) is 18.2 Å². The summed E-state index contributed by atoms with van der Waals surface area (Å²) < 4.78 is 0. The van der Waals surface area contributed by atoms with E-state index in [1.807, 2.05) is 13.0 Å². The number of hydrogen-bond acceptors (Lipinski definition) is 2. The quantitative estimate of drug-likeness (QED) is 0.899. The van der Waals surface area contributed by atoms with Crippen LogP contribution in [0.5, 0.6) is 0 Å². The van der Waals surface area contributed by atoms with Crippen molar-refractivity contribution in [1.82, 2.24) is 4.90 Å². The Morgan fingerprint density at radius 1 is 1.48 bits per heavy atom. The van der Waals surface area contributed by atoms with Crippen LogP contribution in [0.25, 0.3) is 0 Å². The van der Waals surface area contributed by atoms with Crippen molar-refractivity contribution in [1.29, 1.82) is 0 Å². The molecule has 114 valence electrons. The Morgan fingerprint density at radius 2 is 2.24 bits per heavy atom. The fourth-order valence-electron chi connectivity index (χ4n) is 2.58. The molecule has 0 spiro atoms. The van der Waals surface area contributed by atoms with Crippen LogP contribution in [0.1, 0.15) is 24.8 Å². The van der Waals surface area contributed by atoms with E-state index in [4.69, 9.17) is 16.7 Å². The third-order valence-corrected chi connectivity index (χ3v) is 3.95. The van der Waals surface area contributed by atoms with E-state index in [9.17, 15) is 9.59 Å².